The van der Waals surface area contributed by atoms with Crippen molar-refractivity contribution in [3.8, 4) is 0 Å². The predicted molar refractivity (Wildman–Crippen MR) is 60.8 cm³/mol. The fourth-order valence-electron chi connectivity index (χ4n) is 3.15. The van der Waals surface area contributed by atoms with Gasteiger partial charge in [0, 0.05) is 17.0 Å². The molecule has 1 heterocycles. The van der Waals surface area contributed by atoms with Gasteiger partial charge in [0.05, 0.1) is 0 Å². The van der Waals surface area contributed by atoms with E-state index in [1.165, 1.54) is 37.7 Å². The van der Waals surface area contributed by atoms with Crippen LogP contribution in [0.5, 0.6) is 0 Å². The Morgan fingerprint density at radius 3 is 2.13 bits per heavy atom. The van der Waals surface area contributed by atoms with Crippen LogP contribution in [0.1, 0.15) is 56.0 Å². The molecule has 15 heavy (non-hydrogen) atoms. The molecule has 81 valence electrons. The van der Waals surface area contributed by atoms with Crippen molar-refractivity contribution >= 4 is 0 Å². The Kier molecular flexibility index (Phi) is 2.76. The first-order valence-electron chi connectivity index (χ1n) is 5.91. The highest BCUT2D eigenvalue weighted by Crippen LogP contribution is 2.45. The average molecular weight is 203 g/mol. The Morgan fingerprint density at radius 1 is 1.13 bits per heavy atom. The zero-order valence-electron chi connectivity index (χ0n) is 9.93. The zero-order chi connectivity index (χ0) is 10.9. The van der Waals surface area contributed by atoms with Crippen LogP contribution < -0.4 is 0 Å². The molecule has 0 aliphatic heterocycles. The number of rotatable bonds is 2. The van der Waals surface area contributed by atoms with Gasteiger partial charge in [0.15, 0.2) is 6.33 Å². The molecule has 0 atom stereocenters. The van der Waals surface area contributed by atoms with Gasteiger partial charge in [-0.05, 0) is 38.5 Å². The van der Waals surface area contributed by atoms with Gasteiger partial charge in [0.1, 0.15) is 0 Å². The SMILES string of the molecule is CCC1(c2c(C)n[c]nc2C)CCCC1. The van der Waals surface area contributed by atoms with Gasteiger partial charge in [-0.25, -0.2) is 9.97 Å². The van der Waals surface area contributed by atoms with Gasteiger partial charge in [0.2, 0.25) is 0 Å². The van der Waals surface area contributed by atoms with Crippen molar-refractivity contribution in [3.05, 3.63) is 23.3 Å². The summed E-state index contributed by atoms with van der Waals surface area (Å²) in [6.07, 6.45) is 9.26. The number of hydrogen-bond acceptors (Lipinski definition) is 2. The summed E-state index contributed by atoms with van der Waals surface area (Å²) >= 11 is 0. The van der Waals surface area contributed by atoms with Crippen LogP contribution >= 0.6 is 0 Å². The minimum atomic E-state index is 0.364. The third kappa shape index (κ3) is 1.66. The topological polar surface area (TPSA) is 25.8 Å². The molecule has 1 aliphatic carbocycles. The standard InChI is InChI=1S/C13H19N2/c1-4-13(7-5-6-8-13)12-10(2)14-9-15-11(12)3/h4-8H2,1-3H3. The van der Waals surface area contributed by atoms with E-state index in [0.29, 0.717) is 5.41 Å². The molecule has 0 saturated heterocycles. The van der Waals surface area contributed by atoms with Gasteiger partial charge in [0.25, 0.3) is 0 Å². The highest BCUT2D eigenvalue weighted by molar-refractivity contribution is 5.33. The molecule has 2 heteroatoms. The Bertz CT molecular complexity index is 331. The molecule has 1 aromatic heterocycles. The second kappa shape index (κ2) is 3.92. The Balaban J connectivity index is 2.51. The molecule has 0 bridgehead atoms. The molecule has 2 rings (SSSR count). The van der Waals surface area contributed by atoms with Gasteiger partial charge in [-0.3, -0.25) is 0 Å². The lowest BCUT2D eigenvalue weighted by Crippen LogP contribution is -2.24. The molecule has 1 saturated carbocycles. The molecule has 0 unspecified atom stereocenters. The minimum absolute atomic E-state index is 0.364. The van der Waals surface area contributed by atoms with E-state index in [-0.39, 0.29) is 0 Å². The summed E-state index contributed by atoms with van der Waals surface area (Å²) in [6.45, 7) is 6.48. The molecule has 0 amide bonds. The molecule has 2 nitrogen and oxygen atoms in total. The lowest BCUT2D eigenvalue weighted by molar-refractivity contribution is 0.416. The van der Waals surface area contributed by atoms with Crippen LogP contribution in [0, 0.1) is 20.2 Å². The van der Waals surface area contributed by atoms with Gasteiger partial charge in [-0.2, -0.15) is 0 Å². The van der Waals surface area contributed by atoms with E-state index in [1.54, 1.807) is 0 Å². The molecule has 1 aliphatic rings. The normalized spacial score (nSPS) is 19.4. The van der Waals surface area contributed by atoms with E-state index >= 15 is 0 Å². The van der Waals surface area contributed by atoms with Crippen LogP contribution in [0.4, 0.5) is 0 Å². The van der Waals surface area contributed by atoms with Crippen LogP contribution in [0.2, 0.25) is 0 Å². The van der Waals surface area contributed by atoms with Crippen molar-refractivity contribution < 1.29 is 0 Å². The van der Waals surface area contributed by atoms with Crippen LogP contribution in [-0.4, -0.2) is 9.97 Å². The summed E-state index contributed by atoms with van der Waals surface area (Å²) in [4.78, 5) is 8.48. The fraction of sp³-hybridized carbons (Fsp3) is 0.692. The van der Waals surface area contributed by atoms with Gasteiger partial charge >= 0.3 is 0 Å². The first kappa shape index (κ1) is 10.6. The molecule has 1 radical (unpaired) electrons. The summed E-state index contributed by atoms with van der Waals surface area (Å²) in [5, 5.41) is 0. The summed E-state index contributed by atoms with van der Waals surface area (Å²) in [6, 6.07) is 0. The molecule has 1 aromatic rings. The van der Waals surface area contributed by atoms with E-state index in [4.69, 9.17) is 0 Å². The summed E-state index contributed by atoms with van der Waals surface area (Å²) < 4.78 is 0. The maximum absolute atomic E-state index is 4.24. The minimum Gasteiger partial charge on any atom is -0.230 e. The Labute approximate surface area is 92.1 Å². The first-order valence-corrected chi connectivity index (χ1v) is 5.91. The third-order valence-corrected chi connectivity index (χ3v) is 3.93. The molecule has 0 spiro atoms. The molecule has 0 N–H and O–H groups in total. The zero-order valence-corrected chi connectivity index (χ0v) is 9.93. The molecular formula is C13H19N2. The fourth-order valence-corrected chi connectivity index (χ4v) is 3.15. The van der Waals surface area contributed by atoms with Crippen LogP contribution in [0.15, 0.2) is 0 Å². The van der Waals surface area contributed by atoms with Crippen molar-refractivity contribution in [3.63, 3.8) is 0 Å². The summed E-state index contributed by atoms with van der Waals surface area (Å²) in [7, 11) is 0. The number of nitrogens with zero attached hydrogens (tertiary/aromatic N) is 2. The molecule has 1 fully saturated rings. The van der Waals surface area contributed by atoms with Crippen LogP contribution in [0.25, 0.3) is 0 Å². The van der Waals surface area contributed by atoms with E-state index in [9.17, 15) is 0 Å². The first-order chi connectivity index (χ1) is 7.19. The Morgan fingerprint density at radius 2 is 1.67 bits per heavy atom. The van der Waals surface area contributed by atoms with Crippen LogP contribution in [0.3, 0.4) is 0 Å². The molecule has 0 aromatic carbocycles. The predicted octanol–water partition coefficient (Wildman–Crippen LogP) is 3.12. The van der Waals surface area contributed by atoms with E-state index in [0.717, 1.165) is 11.4 Å². The highest BCUT2D eigenvalue weighted by atomic mass is 14.8. The van der Waals surface area contributed by atoms with Gasteiger partial charge < -0.3 is 0 Å². The number of hydrogen-bond donors (Lipinski definition) is 0. The third-order valence-electron chi connectivity index (χ3n) is 3.93. The summed E-state index contributed by atoms with van der Waals surface area (Å²) in [5.41, 5.74) is 4.03. The number of aromatic nitrogens is 2. The lowest BCUT2D eigenvalue weighted by Gasteiger charge is -2.30. The largest absolute Gasteiger partial charge is 0.230 e. The average Bonchev–Trinajstić information content (AvgIpc) is 2.67. The van der Waals surface area contributed by atoms with Crippen molar-refractivity contribution in [1.82, 2.24) is 9.97 Å². The molecular weight excluding hydrogens is 184 g/mol. The smallest absolute Gasteiger partial charge is 0.198 e. The Hall–Kier alpha value is -0.920. The van der Waals surface area contributed by atoms with E-state index in [2.05, 4.69) is 37.1 Å². The van der Waals surface area contributed by atoms with Crippen molar-refractivity contribution in [1.29, 1.82) is 0 Å². The monoisotopic (exact) mass is 203 g/mol. The van der Waals surface area contributed by atoms with Crippen molar-refractivity contribution in [2.45, 2.75) is 58.3 Å². The van der Waals surface area contributed by atoms with Crippen LogP contribution in [-0.2, 0) is 5.41 Å². The van der Waals surface area contributed by atoms with Gasteiger partial charge in [-0.1, -0.05) is 19.8 Å². The maximum Gasteiger partial charge on any atom is 0.198 e. The van der Waals surface area contributed by atoms with E-state index < -0.39 is 0 Å². The van der Waals surface area contributed by atoms with E-state index in [1.807, 2.05) is 0 Å². The maximum atomic E-state index is 4.24. The highest BCUT2D eigenvalue weighted by Gasteiger charge is 2.36. The quantitative estimate of drug-likeness (QED) is 0.738. The van der Waals surface area contributed by atoms with Crippen molar-refractivity contribution in [2.75, 3.05) is 0 Å². The van der Waals surface area contributed by atoms with Crippen molar-refractivity contribution in [2.24, 2.45) is 0 Å². The van der Waals surface area contributed by atoms with Gasteiger partial charge in [-0.15, -0.1) is 0 Å². The lowest BCUT2D eigenvalue weighted by atomic mass is 9.75. The second-order valence-electron chi connectivity index (χ2n) is 4.71. The second-order valence-corrected chi connectivity index (χ2v) is 4.71. The number of aryl methyl sites for hydroxylation is 2. The summed E-state index contributed by atoms with van der Waals surface area (Å²) in [5.74, 6) is 0.